The highest BCUT2D eigenvalue weighted by Gasteiger charge is 2.25. The monoisotopic (exact) mass is 303 g/mol. The predicted octanol–water partition coefficient (Wildman–Crippen LogP) is -2.06. The van der Waals surface area contributed by atoms with Gasteiger partial charge in [0.1, 0.15) is 14.6 Å². The lowest BCUT2D eigenvalue weighted by Crippen LogP contribution is -3.00. The molecule has 0 atom stereocenters. The van der Waals surface area contributed by atoms with Gasteiger partial charge in [0.05, 0.1) is 26.9 Å². The molecule has 0 aliphatic carbocycles. The second kappa shape index (κ2) is 5.57. The van der Waals surface area contributed by atoms with Gasteiger partial charge >= 0.3 is 0 Å². The zero-order valence-corrected chi connectivity index (χ0v) is 12.1. The molecular weight excluding hydrogens is 281 g/mol. The summed E-state index contributed by atoms with van der Waals surface area (Å²) in [7, 11) is 3.41. The third-order valence-electron chi connectivity index (χ3n) is 1.61. The van der Waals surface area contributed by atoms with Crippen LogP contribution in [0.1, 0.15) is 0 Å². The number of quaternary nitrogens is 1. The summed E-state index contributed by atoms with van der Waals surface area (Å²) < 4.78 is 0.965. The number of halogens is 1. The van der Waals surface area contributed by atoms with Crippen molar-refractivity contribution in [3.8, 4) is 0 Å². The van der Waals surface area contributed by atoms with E-state index in [0.29, 0.717) is 6.61 Å². The topological polar surface area (TPSA) is 20.2 Å². The second-order valence-electron chi connectivity index (χ2n) is 5.10. The molecule has 0 saturated carbocycles. The van der Waals surface area contributed by atoms with Gasteiger partial charge in [-0.25, -0.2) is 0 Å². The summed E-state index contributed by atoms with van der Waals surface area (Å²) >= 11 is 0. The molecule has 4 heteroatoms. The third kappa shape index (κ3) is 8.96. The number of aliphatic hydroxyl groups is 1. The molecule has 0 saturated heterocycles. The molecule has 0 aliphatic rings. The SMILES string of the molecule is C[N+](C)(CCO)C[Si](C)(C)C.[I-]. The molecule has 0 aromatic heterocycles. The van der Waals surface area contributed by atoms with Crippen LogP contribution in [0.3, 0.4) is 0 Å². The number of nitrogens with zero attached hydrogens (tertiary/aromatic N) is 1. The Kier molecular flexibility index (Phi) is 7.12. The first-order valence-corrected chi connectivity index (χ1v) is 7.90. The van der Waals surface area contributed by atoms with E-state index in [-0.39, 0.29) is 24.0 Å². The second-order valence-corrected chi connectivity index (χ2v) is 10.5. The van der Waals surface area contributed by atoms with E-state index in [1.807, 2.05) is 0 Å². The van der Waals surface area contributed by atoms with Gasteiger partial charge in [0, 0.05) is 0 Å². The van der Waals surface area contributed by atoms with Gasteiger partial charge in [-0.1, -0.05) is 19.6 Å². The van der Waals surface area contributed by atoms with Gasteiger partial charge in [-0.05, 0) is 0 Å². The lowest BCUT2D eigenvalue weighted by atomic mass is 10.5. The van der Waals surface area contributed by atoms with Gasteiger partial charge in [0.25, 0.3) is 0 Å². The molecule has 0 rings (SSSR count). The summed E-state index contributed by atoms with van der Waals surface area (Å²) in [6.45, 7) is 8.28. The molecule has 0 aromatic rings. The van der Waals surface area contributed by atoms with Crippen molar-refractivity contribution >= 4 is 8.07 Å². The molecule has 2 nitrogen and oxygen atoms in total. The highest BCUT2D eigenvalue weighted by atomic mass is 127. The summed E-state index contributed by atoms with van der Waals surface area (Å²) in [6, 6.07) is 0. The maximum Gasteiger partial charge on any atom is 0.110 e. The van der Waals surface area contributed by atoms with E-state index in [2.05, 4.69) is 33.7 Å². The Labute approximate surface area is 94.6 Å². The summed E-state index contributed by atoms with van der Waals surface area (Å²) in [5, 5.41) is 8.80. The quantitative estimate of drug-likeness (QED) is 0.360. The molecule has 0 fully saturated rings. The summed E-state index contributed by atoms with van der Waals surface area (Å²) in [4.78, 5) is 0. The number of likely N-dealkylation sites (N-methyl/N-ethyl adjacent to an activating group) is 1. The summed E-state index contributed by atoms with van der Waals surface area (Å²) in [6.07, 6.45) is 1.24. The van der Waals surface area contributed by atoms with E-state index >= 15 is 0 Å². The van der Waals surface area contributed by atoms with Crippen LogP contribution >= 0.6 is 0 Å². The van der Waals surface area contributed by atoms with Gasteiger partial charge < -0.3 is 33.6 Å². The van der Waals surface area contributed by atoms with Gasteiger partial charge in [0.2, 0.25) is 0 Å². The number of aliphatic hydroxyl groups excluding tert-OH is 1. The van der Waals surface area contributed by atoms with Crippen molar-refractivity contribution in [2.45, 2.75) is 19.6 Å². The zero-order chi connectivity index (χ0) is 9.12. The first-order chi connectivity index (χ1) is 4.77. The van der Waals surface area contributed by atoms with E-state index in [4.69, 9.17) is 5.11 Å². The molecule has 0 unspecified atom stereocenters. The average molecular weight is 303 g/mol. The molecule has 1 N–H and O–H groups in total. The van der Waals surface area contributed by atoms with Crippen LogP contribution < -0.4 is 24.0 Å². The Morgan fingerprint density at radius 3 is 1.83 bits per heavy atom. The van der Waals surface area contributed by atoms with Crippen molar-refractivity contribution < 1.29 is 33.6 Å². The molecule has 0 aromatic carbocycles. The van der Waals surface area contributed by atoms with Crippen molar-refractivity contribution in [2.24, 2.45) is 0 Å². The predicted molar refractivity (Wildman–Crippen MR) is 52.3 cm³/mol. The molecule has 0 amide bonds. The Morgan fingerprint density at radius 1 is 1.17 bits per heavy atom. The molecule has 0 radical (unpaired) electrons. The molecular formula is C8H22INOSi. The van der Waals surface area contributed by atoms with E-state index in [9.17, 15) is 0 Å². The number of hydrogen-bond donors (Lipinski definition) is 1. The Bertz CT molecular complexity index is 123. The highest BCUT2D eigenvalue weighted by Crippen LogP contribution is 2.07. The lowest BCUT2D eigenvalue weighted by molar-refractivity contribution is -0.880. The summed E-state index contributed by atoms with van der Waals surface area (Å²) in [5.41, 5.74) is 0. The number of hydrogen-bond acceptors (Lipinski definition) is 1. The lowest BCUT2D eigenvalue weighted by Gasteiger charge is -2.34. The van der Waals surface area contributed by atoms with Gasteiger partial charge in [-0.15, -0.1) is 0 Å². The van der Waals surface area contributed by atoms with Crippen molar-refractivity contribution in [3.05, 3.63) is 0 Å². The van der Waals surface area contributed by atoms with Crippen molar-refractivity contribution in [3.63, 3.8) is 0 Å². The van der Waals surface area contributed by atoms with Gasteiger partial charge in [-0.3, -0.25) is 0 Å². The van der Waals surface area contributed by atoms with Gasteiger partial charge in [0.15, 0.2) is 0 Å². The maximum atomic E-state index is 8.80. The minimum absolute atomic E-state index is 0. The zero-order valence-electron chi connectivity index (χ0n) is 8.89. The fourth-order valence-corrected chi connectivity index (χ4v) is 4.36. The average Bonchev–Trinajstić information content (AvgIpc) is 1.55. The molecule has 12 heavy (non-hydrogen) atoms. The first-order valence-electron chi connectivity index (χ1n) is 4.20. The van der Waals surface area contributed by atoms with Crippen LogP contribution in [0.2, 0.25) is 19.6 Å². The number of rotatable bonds is 4. The minimum atomic E-state index is -0.969. The first kappa shape index (κ1) is 15.3. The largest absolute Gasteiger partial charge is 1.00 e. The van der Waals surface area contributed by atoms with Gasteiger partial charge in [-0.2, -0.15) is 0 Å². The standard InChI is InChI=1S/C8H22NOSi.HI/c1-9(2,6-7-10)8-11(3,4)5;/h10H,6-8H2,1-5H3;1H/q+1;/p-1. The highest BCUT2D eigenvalue weighted by molar-refractivity contribution is 6.75. The van der Waals surface area contributed by atoms with Crippen LogP contribution in [0, 0.1) is 0 Å². The Balaban J connectivity index is 0. The fraction of sp³-hybridized carbons (Fsp3) is 1.00. The van der Waals surface area contributed by atoms with E-state index in [1.165, 1.54) is 6.17 Å². The van der Waals surface area contributed by atoms with Crippen LogP contribution in [0.4, 0.5) is 0 Å². The Hall–Kier alpha value is 0.867. The molecule has 0 aliphatic heterocycles. The van der Waals surface area contributed by atoms with E-state index in [0.717, 1.165) is 11.0 Å². The minimum Gasteiger partial charge on any atom is -1.00 e. The third-order valence-corrected chi connectivity index (χ3v) is 3.41. The van der Waals surface area contributed by atoms with E-state index < -0.39 is 8.07 Å². The molecule has 76 valence electrons. The molecule has 0 spiro atoms. The fourth-order valence-electron chi connectivity index (χ4n) is 1.63. The van der Waals surface area contributed by atoms with Crippen LogP contribution in [-0.2, 0) is 0 Å². The molecule has 0 heterocycles. The van der Waals surface area contributed by atoms with Crippen LogP contribution in [0.5, 0.6) is 0 Å². The smallest absolute Gasteiger partial charge is 0.110 e. The van der Waals surface area contributed by atoms with E-state index in [1.54, 1.807) is 0 Å². The van der Waals surface area contributed by atoms with Crippen molar-refractivity contribution in [1.82, 2.24) is 0 Å². The van der Waals surface area contributed by atoms with Crippen molar-refractivity contribution in [1.29, 1.82) is 0 Å². The van der Waals surface area contributed by atoms with Crippen LogP contribution in [0.15, 0.2) is 0 Å². The summed E-state index contributed by atoms with van der Waals surface area (Å²) in [5.74, 6) is 0. The maximum absolute atomic E-state index is 8.80. The normalized spacial score (nSPS) is 12.5. The Morgan fingerprint density at radius 2 is 1.58 bits per heavy atom. The van der Waals surface area contributed by atoms with Crippen LogP contribution in [-0.4, -0.2) is 51.1 Å². The van der Waals surface area contributed by atoms with Crippen molar-refractivity contribution in [2.75, 3.05) is 33.4 Å². The molecule has 0 bridgehead atoms. The van der Waals surface area contributed by atoms with Crippen LogP contribution in [0.25, 0.3) is 0 Å².